The van der Waals surface area contributed by atoms with Gasteiger partial charge in [0.2, 0.25) is 0 Å². The van der Waals surface area contributed by atoms with Crippen molar-refractivity contribution < 1.29 is 4.79 Å². The summed E-state index contributed by atoms with van der Waals surface area (Å²) >= 11 is 0. The van der Waals surface area contributed by atoms with Crippen LogP contribution in [-0.4, -0.2) is 27.8 Å². The monoisotopic (exact) mass is 258 g/mol. The molecule has 0 unspecified atom stereocenters. The van der Waals surface area contributed by atoms with Gasteiger partial charge >= 0.3 is 0 Å². The number of aryl methyl sites for hydroxylation is 1. The number of carbonyl (C=O) groups excluding carboxylic acids is 1. The van der Waals surface area contributed by atoms with E-state index < -0.39 is 0 Å². The summed E-state index contributed by atoms with van der Waals surface area (Å²) in [4.78, 5) is 12.0. The Morgan fingerprint density at radius 1 is 1.59 bits per heavy atom. The van der Waals surface area contributed by atoms with Crippen LogP contribution in [0.25, 0.3) is 0 Å². The summed E-state index contributed by atoms with van der Waals surface area (Å²) in [5.41, 5.74) is 6.16. The van der Waals surface area contributed by atoms with E-state index in [4.69, 9.17) is 5.73 Å². The average molecular weight is 259 g/mol. The normalized spacial score (nSPS) is 17.5. The molecule has 2 rings (SSSR count). The Kier molecular flexibility index (Phi) is 4.54. The highest BCUT2D eigenvalue weighted by Gasteiger charge is 2.34. The molecule has 0 bridgehead atoms. The molecule has 0 saturated heterocycles. The highest BCUT2D eigenvalue weighted by atomic mass is 35.5. The number of halogens is 1. The second-order valence-electron chi connectivity index (χ2n) is 4.49. The third kappa shape index (κ3) is 2.79. The van der Waals surface area contributed by atoms with Crippen LogP contribution in [0.1, 0.15) is 36.2 Å². The van der Waals surface area contributed by atoms with Crippen LogP contribution in [0, 0.1) is 0 Å². The van der Waals surface area contributed by atoms with Gasteiger partial charge in [0.1, 0.15) is 5.69 Å². The number of amides is 1. The third-order valence-electron chi connectivity index (χ3n) is 3.38. The largest absolute Gasteiger partial charge is 0.344 e. The Morgan fingerprint density at radius 3 is 2.71 bits per heavy atom. The molecule has 3 N–H and O–H groups in total. The summed E-state index contributed by atoms with van der Waals surface area (Å²) in [6, 6.07) is 1.72. The van der Waals surface area contributed by atoms with E-state index in [0.29, 0.717) is 12.2 Å². The van der Waals surface area contributed by atoms with Crippen LogP contribution < -0.4 is 11.1 Å². The molecular weight excluding hydrogens is 240 g/mol. The zero-order valence-electron chi connectivity index (χ0n) is 9.98. The third-order valence-corrected chi connectivity index (χ3v) is 3.38. The lowest BCUT2D eigenvalue weighted by Gasteiger charge is -2.28. The summed E-state index contributed by atoms with van der Waals surface area (Å²) < 4.78 is 1.58. The first-order chi connectivity index (χ1) is 7.67. The fourth-order valence-corrected chi connectivity index (χ4v) is 2.33. The van der Waals surface area contributed by atoms with E-state index in [1.165, 1.54) is 0 Å². The molecule has 0 aromatic carbocycles. The molecule has 1 fully saturated rings. The molecule has 96 valence electrons. The van der Waals surface area contributed by atoms with E-state index in [1.807, 2.05) is 0 Å². The minimum Gasteiger partial charge on any atom is -0.344 e. The maximum atomic E-state index is 12.0. The van der Waals surface area contributed by atoms with Crippen LogP contribution in [0.5, 0.6) is 0 Å². The lowest BCUT2D eigenvalue weighted by Crippen LogP contribution is -2.52. The molecule has 0 atom stereocenters. The number of nitrogens with zero attached hydrogens (tertiary/aromatic N) is 2. The molecule has 1 amide bonds. The van der Waals surface area contributed by atoms with E-state index in [0.717, 1.165) is 25.7 Å². The van der Waals surface area contributed by atoms with Crippen LogP contribution in [-0.2, 0) is 7.05 Å². The number of nitrogens with one attached hydrogen (secondary N) is 1. The Labute approximate surface area is 107 Å². The van der Waals surface area contributed by atoms with Crippen LogP contribution in [0.3, 0.4) is 0 Å². The maximum Gasteiger partial charge on any atom is 0.270 e. The van der Waals surface area contributed by atoms with Gasteiger partial charge in [-0.05, 0) is 18.9 Å². The van der Waals surface area contributed by atoms with Gasteiger partial charge in [0.15, 0.2) is 0 Å². The molecule has 1 heterocycles. The average Bonchev–Trinajstić information content (AvgIpc) is 2.87. The quantitative estimate of drug-likeness (QED) is 0.844. The predicted octanol–water partition coefficient (Wildman–Crippen LogP) is 0.843. The first-order valence-electron chi connectivity index (χ1n) is 5.67. The van der Waals surface area contributed by atoms with Crippen molar-refractivity contribution in [1.82, 2.24) is 15.1 Å². The molecule has 1 aliphatic carbocycles. The Bertz CT molecular complexity index is 385. The van der Waals surface area contributed by atoms with Crippen molar-refractivity contribution in [3.63, 3.8) is 0 Å². The van der Waals surface area contributed by atoms with Gasteiger partial charge in [0.25, 0.3) is 5.91 Å². The lowest BCUT2D eigenvalue weighted by molar-refractivity contribution is 0.0893. The Hall–Kier alpha value is -1.07. The number of hydrogen-bond acceptors (Lipinski definition) is 3. The van der Waals surface area contributed by atoms with Gasteiger partial charge in [-0.15, -0.1) is 12.4 Å². The van der Waals surface area contributed by atoms with E-state index in [1.54, 1.807) is 24.0 Å². The van der Waals surface area contributed by atoms with E-state index >= 15 is 0 Å². The zero-order valence-corrected chi connectivity index (χ0v) is 10.8. The van der Waals surface area contributed by atoms with Gasteiger partial charge in [-0.25, -0.2) is 0 Å². The fourth-order valence-electron chi connectivity index (χ4n) is 2.33. The molecule has 1 saturated carbocycles. The maximum absolute atomic E-state index is 12.0. The van der Waals surface area contributed by atoms with Crippen molar-refractivity contribution in [3.05, 3.63) is 18.0 Å². The van der Waals surface area contributed by atoms with Gasteiger partial charge in [0.05, 0.1) is 5.54 Å². The van der Waals surface area contributed by atoms with Gasteiger partial charge in [-0.2, -0.15) is 5.10 Å². The SMILES string of the molecule is Cl.Cn1nccc1C(=O)NC1(CN)CCCC1. The van der Waals surface area contributed by atoms with E-state index in [2.05, 4.69) is 10.4 Å². The summed E-state index contributed by atoms with van der Waals surface area (Å²) in [7, 11) is 1.76. The fraction of sp³-hybridized carbons (Fsp3) is 0.636. The van der Waals surface area contributed by atoms with E-state index in [9.17, 15) is 4.79 Å². The summed E-state index contributed by atoms with van der Waals surface area (Å²) in [5.74, 6) is -0.0765. The summed E-state index contributed by atoms with van der Waals surface area (Å²) in [6.45, 7) is 0.511. The Morgan fingerprint density at radius 2 is 2.24 bits per heavy atom. The minimum atomic E-state index is -0.193. The first-order valence-corrected chi connectivity index (χ1v) is 5.67. The number of carbonyl (C=O) groups is 1. The van der Waals surface area contributed by atoms with Crippen molar-refractivity contribution >= 4 is 18.3 Å². The number of hydrogen-bond donors (Lipinski definition) is 2. The molecule has 1 aromatic heterocycles. The molecule has 6 heteroatoms. The molecule has 1 aliphatic rings. The molecule has 0 spiro atoms. The van der Waals surface area contributed by atoms with Crippen LogP contribution in [0.4, 0.5) is 0 Å². The van der Waals surface area contributed by atoms with Crippen molar-refractivity contribution in [2.45, 2.75) is 31.2 Å². The van der Waals surface area contributed by atoms with Crippen molar-refractivity contribution in [3.8, 4) is 0 Å². The molecule has 5 nitrogen and oxygen atoms in total. The lowest BCUT2D eigenvalue weighted by atomic mass is 9.97. The number of rotatable bonds is 3. The molecular formula is C11H19ClN4O. The smallest absolute Gasteiger partial charge is 0.270 e. The molecule has 17 heavy (non-hydrogen) atoms. The summed E-state index contributed by atoms with van der Waals surface area (Å²) in [6.07, 6.45) is 5.87. The molecule has 0 radical (unpaired) electrons. The number of aromatic nitrogens is 2. The topological polar surface area (TPSA) is 72.9 Å². The first kappa shape index (κ1) is 14.0. The van der Waals surface area contributed by atoms with Crippen molar-refractivity contribution in [2.75, 3.05) is 6.54 Å². The van der Waals surface area contributed by atoms with E-state index in [-0.39, 0.29) is 23.9 Å². The van der Waals surface area contributed by atoms with Gasteiger partial charge < -0.3 is 11.1 Å². The second kappa shape index (κ2) is 5.51. The van der Waals surface area contributed by atoms with Crippen molar-refractivity contribution in [2.24, 2.45) is 12.8 Å². The standard InChI is InChI=1S/C11H18N4O.ClH/c1-15-9(4-7-13-15)10(16)14-11(8-12)5-2-3-6-11;/h4,7H,2-3,5-6,8,12H2,1H3,(H,14,16);1H. The minimum absolute atomic E-state index is 0. The second-order valence-corrected chi connectivity index (χ2v) is 4.49. The number of nitrogens with two attached hydrogens (primary N) is 1. The zero-order chi connectivity index (χ0) is 11.6. The van der Waals surface area contributed by atoms with Crippen LogP contribution in [0.15, 0.2) is 12.3 Å². The highest BCUT2D eigenvalue weighted by molar-refractivity contribution is 5.93. The molecule has 1 aromatic rings. The van der Waals surface area contributed by atoms with Crippen LogP contribution in [0.2, 0.25) is 0 Å². The van der Waals surface area contributed by atoms with Gasteiger partial charge in [-0.1, -0.05) is 12.8 Å². The van der Waals surface area contributed by atoms with Gasteiger partial charge in [-0.3, -0.25) is 9.48 Å². The van der Waals surface area contributed by atoms with Gasteiger partial charge in [0, 0.05) is 19.8 Å². The molecule has 0 aliphatic heterocycles. The summed E-state index contributed by atoms with van der Waals surface area (Å²) in [5, 5.41) is 7.05. The highest BCUT2D eigenvalue weighted by Crippen LogP contribution is 2.28. The predicted molar refractivity (Wildman–Crippen MR) is 68.2 cm³/mol. The Balaban J connectivity index is 0.00000144. The van der Waals surface area contributed by atoms with Crippen LogP contribution >= 0.6 is 12.4 Å². The van der Waals surface area contributed by atoms with Crippen molar-refractivity contribution in [1.29, 1.82) is 0 Å².